The molecule has 2 saturated heterocycles. The average molecular weight is 501 g/mol. The van der Waals surface area contributed by atoms with Crippen LogP contribution in [-0.4, -0.2) is 63.0 Å². The van der Waals surface area contributed by atoms with E-state index in [-0.39, 0.29) is 23.5 Å². The molecule has 5 heterocycles. The first-order valence-corrected chi connectivity index (χ1v) is 12.6. The fourth-order valence-corrected chi connectivity index (χ4v) is 5.46. The van der Waals surface area contributed by atoms with Crippen LogP contribution in [0, 0.1) is 5.92 Å². The molecule has 1 amide bonds. The van der Waals surface area contributed by atoms with Crippen LogP contribution >= 0.6 is 0 Å². The fraction of sp³-hybridized carbons (Fsp3) is 0.407. The third kappa shape index (κ3) is 3.62. The number of hydrogen-bond acceptors (Lipinski definition) is 7. The van der Waals surface area contributed by atoms with Gasteiger partial charge in [-0.3, -0.25) is 14.2 Å². The third-order valence-electron chi connectivity index (χ3n) is 7.79. The molecule has 190 valence electrons. The van der Waals surface area contributed by atoms with Gasteiger partial charge in [0.05, 0.1) is 44.8 Å². The lowest BCUT2D eigenvalue weighted by molar-refractivity contribution is -0.164. The van der Waals surface area contributed by atoms with E-state index >= 15 is 0 Å². The molecule has 1 aromatic carbocycles. The summed E-state index contributed by atoms with van der Waals surface area (Å²) in [4.78, 5) is 16.8. The van der Waals surface area contributed by atoms with Crippen molar-refractivity contribution in [3.05, 3.63) is 42.9 Å². The Labute approximate surface area is 213 Å². The van der Waals surface area contributed by atoms with Crippen molar-refractivity contribution < 1.29 is 19.0 Å². The third-order valence-corrected chi connectivity index (χ3v) is 7.79. The van der Waals surface area contributed by atoms with Gasteiger partial charge in [-0.1, -0.05) is 12.1 Å². The van der Waals surface area contributed by atoms with Crippen LogP contribution in [0.4, 0.5) is 5.82 Å². The number of pyridine rings is 1. The van der Waals surface area contributed by atoms with Crippen LogP contribution < -0.4 is 10.1 Å². The molecule has 2 aliphatic heterocycles. The highest BCUT2D eigenvalue weighted by Crippen LogP contribution is 2.44. The maximum absolute atomic E-state index is 12.3. The molecule has 3 aliphatic rings. The normalized spacial score (nSPS) is 22.9. The van der Waals surface area contributed by atoms with Crippen LogP contribution in [0.25, 0.3) is 33.3 Å². The van der Waals surface area contributed by atoms with Gasteiger partial charge in [0.15, 0.2) is 0 Å². The molecule has 0 bridgehead atoms. The Morgan fingerprint density at radius 1 is 1.24 bits per heavy atom. The van der Waals surface area contributed by atoms with Crippen molar-refractivity contribution in [2.75, 3.05) is 32.2 Å². The summed E-state index contributed by atoms with van der Waals surface area (Å²) in [6.07, 6.45) is 8.50. The SMILES string of the molecule is COc1c(-c2cnn([C@@H]3COC[C@]34CCO4)c2)cccc1-c1nn(C)c2cnc(NC(=O)C3CC3)cc12. The Morgan fingerprint density at radius 2 is 2.08 bits per heavy atom. The van der Waals surface area contributed by atoms with Gasteiger partial charge in [-0.05, 0) is 25.0 Å². The van der Waals surface area contributed by atoms with Crippen molar-refractivity contribution >= 4 is 22.6 Å². The summed E-state index contributed by atoms with van der Waals surface area (Å²) in [6.45, 7) is 1.96. The standard InChI is InChI=1S/C27H28N6O4/c1-32-21-12-28-23(30-26(34)16-6-7-16)10-20(21)24(31-32)19-5-3-4-18(25(19)35-2)17-11-29-33(13-17)22-14-36-15-27(22)8-9-37-27/h3-5,10-13,16,22H,6-9,14-15H2,1-2H3,(H,28,30,34)/t22-,27-/m1/s1. The molecule has 1 aliphatic carbocycles. The van der Waals surface area contributed by atoms with E-state index in [0.717, 1.165) is 59.2 Å². The number of para-hydroxylation sites is 1. The van der Waals surface area contributed by atoms with Crippen LogP contribution in [0.1, 0.15) is 25.3 Å². The number of amides is 1. The predicted octanol–water partition coefficient (Wildman–Crippen LogP) is 3.59. The first kappa shape index (κ1) is 22.4. The molecule has 3 aromatic heterocycles. The number of ether oxygens (including phenoxy) is 3. The lowest BCUT2D eigenvalue weighted by atomic mass is 9.89. The van der Waals surface area contributed by atoms with Gasteiger partial charge in [-0.2, -0.15) is 10.2 Å². The maximum atomic E-state index is 12.3. The minimum absolute atomic E-state index is 0.0237. The number of rotatable bonds is 6. The van der Waals surface area contributed by atoms with Gasteiger partial charge in [0.25, 0.3) is 0 Å². The second-order valence-corrected chi connectivity index (χ2v) is 10.1. The minimum Gasteiger partial charge on any atom is -0.495 e. The molecule has 1 N–H and O–H groups in total. The second-order valence-electron chi connectivity index (χ2n) is 10.1. The number of carbonyl (C=O) groups is 1. The number of hydrogen-bond donors (Lipinski definition) is 1. The molecule has 10 heteroatoms. The fourth-order valence-electron chi connectivity index (χ4n) is 5.46. The molecule has 4 aromatic rings. The summed E-state index contributed by atoms with van der Waals surface area (Å²) in [5, 5.41) is 13.3. The van der Waals surface area contributed by atoms with E-state index < -0.39 is 0 Å². The number of nitrogens with one attached hydrogen (secondary N) is 1. The molecule has 0 unspecified atom stereocenters. The molecule has 2 atom stereocenters. The number of carbonyl (C=O) groups excluding carboxylic acids is 1. The van der Waals surface area contributed by atoms with E-state index in [1.807, 2.05) is 48.4 Å². The molecule has 1 saturated carbocycles. The monoisotopic (exact) mass is 500 g/mol. The van der Waals surface area contributed by atoms with E-state index in [1.165, 1.54) is 0 Å². The van der Waals surface area contributed by atoms with Gasteiger partial charge in [0.1, 0.15) is 28.9 Å². The average Bonchev–Trinajstić information content (AvgIpc) is 3.31. The van der Waals surface area contributed by atoms with Crippen LogP contribution in [0.3, 0.4) is 0 Å². The number of aryl methyl sites for hydroxylation is 1. The van der Waals surface area contributed by atoms with Crippen molar-refractivity contribution in [2.24, 2.45) is 13.0 Å². The van der Waals surface area contributed by atoms with Crippen LogP contribution in [0.5, 0.6) is 5.75 Å². The van der Waals surface area contributed by atoms with Crippen molar-refractivity contribution in [1.82, 2.24) is 24.5 Å². The molecular weight excluding hydrogens is 472 g/mol. The van der Waals surface area contributed by atoms with Crippen molar-refractivity contribution in [3.8, 4) is 28.1 Å². The zero-order valence-electron chi connectivity index (χ0n) is 20.8. The largest absolute Gasteiger partial charge is 0.495 e. The van der Waals surface area contributed by atoms with Gasteiger partial charge < -0.3 is 19.5 Å². The summed E-state index contributed by atoms with van der Waals surface area (Å²) >= 11 is 0. The quantitative estimate of drug-likeness (QED) is 0.431. The smallest absolute Gasteiger partial charge is 0.228 e. The lowest BCUT2D eigenvalue weighted by Gasteiger charge is -2.41. The number of nitrogens with zero attached hydrogens (tertiary/aromatic N) is 5. The number of anilines is 1. The van der Waals surface area contributed by atoms with Crippen molar-refractivity contribution in [3.63, 3.8) is 0 Å². The van der Waals surface area contributed by atoms with Crippen LogP contribution in [0.15, 0.2) is 42.9 Å². The minimum atomic E-state index is -0.261. The molecule has 0 radical (unpaired) electrons. The first-order chi connectivity index (χ1) is 18.1. The second kappa shape index (κ2) is 8.39. The molecule has 1 spiro atoms. The number of methoxy groups -OCH3 is 1. The number of fused-ring (bicyclic) bond motifs is 1. The lowest BCUT2D eigenvalue weighted by Crippen LogP contribution is -2.50. The highest BCUT2D eigenvalue weighted by atomic mass is 16.6. The van der Waals surface area contributed by atoms with E-state index in [9.17, 15) is 4.79 Å². The van der Waals surface area contributed by atoms with E-state index in [1.54, 1.807) is 18.0 Å². The van der Waals surface area contributed by atoms with Crippen molar-refractivity contribution in [2.45, 2.75) is 30.9 Å². The predicted molar refractivity (Wildman–Crippen MR) is 136 cm³/mol. The number of aromatic nitrogens is 5. The summed E-state index contributed by atoms with van der Waals surface area (Å²) in [5.41, 5.74) is 4.09. The molecular formula is C27H28N6O4. The zero-order chi connectivity index (χ0) is 25.1. The van der Waals surface area contributed by atoms with Gasteiger partial charge in [-0.25, -0.2) is 4.98 Å². The molecule has 37 heavy (non-hydrogen) atoms. The zero-order valence-corrected chi connectivity index (χ0v) is 20.8. The Kier molecular flexibility index (Phi) is 5.09. The van der Waals surface area contributed by atoms with Gasteiger partial charge in [0.2, 0.25) is 5.91 Å². The Balaban J connectivity index is 1.27. The molecule has 3 fully saturated rings. The van der Waals surface area contributed by atoms with Crippen LogP contribution in [0.2, 0.25) is 0 Å². The summed E-state index contributed by atoms with van der Waals surface area (Å²) in [5.74, 6) is 1.36. The number of benzene rings is 1. The first-order valence-electron chi connectivity index (χ1n) is 12.6. The van der Waals surface area contributed by atoms with Crippen molar-refractivity contribution in [1.29, 1.82) is 0 Å². The summed E-state index contributed by atoms with van der Waals surface area (Å²) in [7, 11) is 3.56. The summed E-state index contributed by atoms with van der Waals surface area (Å²) in [6, 6.07) is 7.97. The Bertz CT molecular complexity index is 1520. The van der Waals surface area contributed by atoms with E-state index in [4.69, 9.17) is 19.3 Å². The highest BCUT2D eigenvalue weighted by molar-refractivity contribution is 6.00. The molecule has 10 nitrogen and oxygen atoms in total. The van der Waals surface area contributed by atoms with Gasteiger partial charge >= 0.3 is 0 Å². The van der Waals surface area contributed by atoms with E-state index in [0.29, 0.717) is 24.8 Å². The van der Waals surface area contributed by atoms with Gasteiger partial charge in [-0.15, -0.1) is 0 Å². The highest BCUT2D eigenvalue weighted by Gasteiger charge is 2.51. The Morgan fingerprint density at radius 3 is 2.84 bits per heavy atom. The summed E-state index contributed by atoms with van der Waals surface area (Å²) < 4.78 is 21.4. The topological polar surface area (TPSA) is 105 Å². The molecule has 7 rings (SSSR count). The van der Waals surface area contributed by atoms with E-state index in [2.05, 4.69) is 15.4 Å². The van der Waals surface area contributed by atoms with Gasteiger partial charge in [0, 0.05) is 47.7 Å². The van der Waals surface area contributed by atoms with Crippen LogP contribution in [-0.2, 0) is 21.3 Å². The maximum Gasteiger partial charge on any atom is 0.228 e. The Hall–Kier alpha value is -3.76.